The van der Waals surface area contributed by atoms with Gasteiger partial charge in [-0.15, -0.1) is 0 Å². The fourth-order valence-electron chi connectivity index (χ4n) is 2.33. The molecule has 0 fully saturated rings. The van der Waals surface area contributed by atoms with Crippen LogP contribution in [-0.2, 0) is 9.47 Å². The van der Waals surface area contributed by atoms with Crippen molar-refractivity contribution in [2.75, 3.05) is 19.8 Å². The van der Waals surface area contributed by atoms with Crippen LogP contribution >= 0.6 is 0 Å². The van der Waals surface area contributed by atoms with Crippen molar-refractivity contribution in [3.05, 3.63) is 35.4 Å². The molecule has 1 aromatic carbocycles. The summed E-state index contributed by atoms with van der Waals surface area (Å²) in [6.45, 7) is 12.9. The molecule has 21 heavy (non-hydrogen) atoms. The lowest BCUT2D eigenvalue weighted by molar-refractivity contribution is -0.155. The van der Waals surface area contributed by atoms with Crippen LogP contribution in [0.15, 0.2) is 24.3 Å². The molecule has 1 atom stereocenters. The molecule has 1 unspecified atom stereocenters. The Balaban J connectivity index is 2.93. The number of rotatable bonds is 10. The number of ether oxygens (including phenoxy) is 2. The molecule has 0 aliphatic heterocycles. The maximum absolute atomic E-state index is 5.79. The van der Waals surface area contributed by atoms with E-state index < -0.39 is 0 Å². The summed E-state index contributed by atoms with van der Waals surface area (Å²) in [5.74, 6) is 0.552. The van der Waals surface area contributed by atoms with Gasteiger partial charge in [0.25, 0.3) is 0 Å². The van der Waals surface area contributed by atoms with Gasteiger partial charge in [0, 0.05) is 13.2 Å². The monoisotopic (exact) mass is 293 g/mol. The molecule has 0 aliphatic rings. The molecular formula is C18H31NO2. The van der Waals surface area contributed by atoms with E-state index in [0.717, 1.165) is 13.0 Å². The van der Waals surface area contributed by atoms with Crippen molar-refractivity contribution in [1.82, 2.24) is 5.32 Å². The van der Waals surface area contributed by atoms with Crippen LogP contribution in [0.1, 0.15) is 64.1 Å². The van der Waals surface area contributed by atoms with E-state index in [1.807, 2.05) is 13.8 Å². The Morgan fingerprint density at radius 1 is 0.905 bits per heavy atom. The first kappa shape index (κ1) is 18.1. The van der Waals surface area contributed by atoms with Crippen LogP contribution in [0.25, 0.3) is 0 Å². The van der Waals surface area contributed by atoms with Crippen molar-refractivity contribution >= 4 is 0 Å². The van der Waals surface area contributed by atoms with Crippen LogP contribution in [0.5, 0.6) is 0 Å². The second-order valence-electron chi connectivity index (χ2n) is 5.53. The summed E-state index contributed by atoms with van der Waals surface area (Å²) >= 11 is 0. The Morgan fingerprint density at radius 3 is 1.86 bits per heavy atom. The van der Waals surface area contributed by atoms with E-state index >= 15 is 0 Å². The van der Waals surface area contributed by atoms with Crippen molar-refractivity contribution < 1.29 is 9.47 Å². The first-order chi connectivity index (χ1) is 10.1. The Bertz CT molecular complexity index is 369. The fraction of sp³-hybridized carbons (Fsp3) is 0.667. The highest BCUT2D eigenvalue weighted by molar-refractivity contribution is 5.27. The van der Waals surface area contributed by atoms with Gasteiger partial charge in [0.15, 0.2) is 6.29 Å². The molecule has 0 radical (unpaired) electrons. The van der Waals surface area contributed by atoms with E-state index in [-0.39, 0.29) is 12.3 Å². The summed E-state index contributed by atoms with van der Waals surface area (Å²) in [4.78, 5) is 0. The lowest BCUT2D eigenvalue weighted by Crippen LogP contribution is -2.36. The van der Waals surface area contributed by atoms with Crippen molar-refractivity contribution in [1.29, 1.82) is 0 Å². The minimum absolute atomic E-state index is 0.0751. The highest BCUT2D eigenvalue weighted by atomic mass is 16.7. The van der Waals surface area contributed by atoms with Crippen molar-refractivity contribution in [2.45, 2.75) is 59.3 Å². The Morgan fingerprint density at radius 2 is 1.43 bits per heavy atom. The van der Waals surface area contributed by atoms with Crippen LogP contribution in [0.4, 0.5) is 0 Å². The number of hydrogen-bond acceptors (Lipinski definition) is 3. The van der Waals surface area contributed by atoms with E-state index in [1.165, 1.54) is 11.1 Å². The number of benzene rings is 1. The summed E-state index contributed by atoms with van der Waals surface area (Å²) in [5.41, 5.74) is 2.58. The van der Waals surface area contributed by atoms with E-state index in [2.05, 4.69) is 50.4 Å². The smallest absolute Gasteiger partial charge is 0.176 e. The van der Waals surface area contributed by atoms with Crippen molar-refractivity contribution in [3.63, 3.8) is 0 Å². The predicted molar refractivity (Wildman–Crippen MR) is 88.6 cm³/mol. The van der Waals surface area contributed by atoms with Gasteiger partial charge in [0.05, 0.1) is 6.04 Å². The molecule has 0 spiro atoms. The van der Waals surface area contributed by atoms with Crippen molar-refractivity contribution in [3.8, 4) is 0 Å². The zero-order chi connectivity index (χ0) is 15.7. The molecule has 1 aromatic rings. The third-order valence-electron chi connectivity index (χ3n) is 3.51. The Labute approximate surface area is 130 Å². The topological polar surface area (TPSA) is 30.5 Å². The van der Waals surface area contributed by atoms with E-state index in [1.54, 1.807) is 0 Å². The van der Waals surface area contributed by atoms with Gasteiger partial charge in [-0.1, -0.05) is 45.0 Å². The summed E-state index contributed by atoms with van der Waals surface area (Å²) in [5, 5.41) is 3.55. The fourth-order valence-corrected chi connectivity index (χ4v) is 2.33. The van der Waals surface area contributed by atoms with E-state index in [0.29, 0.717) is 19.1 Å². The molecule has 3 heteroatoms. The van der Waals surface area contributed by atoms with Crippen LogP contribution < -0.4 is 5.32 Å². The maximum Gasteiger partial charge on any atom is 0.176 e. The SMILES string of the molecule is CCCNC(c1ccc(C(C)C)cc1)C(OCC)OCC. The van der Waals surface area contributed by atoms with Gasteiger partial charge >= 0.3 is 0 Å². The molecule has 0 bridgehead atoms. The molecule has 0 aromatic heterocycles. The number of nitrogens with one attached hydrogen (secondary N) is 1. The molecule has 0 heterocycles. The zero-order valence-corrected chi connectivity index (χ0v) is 14.2. The Kier molecular flexibility index (Phi) is 8.58. The molecular weight excluding hydrogens is 262 g/mol. The minimum Gasteiger partial charge on any atom is -0.351 e. The van der Waals surface area contributed by atoms with Crippen LogP contribution in [0, 0.1) is 0 Å². The standard InChI is InChI=1S/C18H31NO2/c1-6-13-19-17(18(20-7-2)21-8-3)16-11-9-15(10-12-16)14(4)5/h9-12,14,17-19H,6-8,13H2,1-5H3. The van der Waals surface area contributed by atoms with Gasteiger partial charge in [-0.05, 0) is 43.9 Å². The first-order valence-corrected chi connectivity index (χ1v) is 8.20. The molecule has 3 nitrogen and oxygen atoms in total. The highest BCUT2D eigenvalue weighted by Gasteiger charge is 2.23. The highest BCUT2D eigenvalue weighted by Crippen LogP contribution is 2.23. The molecule has 1 rings (SSSR count). The second-order valence-corrected chi connectivity index (χ2v) is 5.53. The average molecular weight is 293 g/mol. The van der Waals surface area contributed by atoms with Gasteiger partial charge in [0.1, 0.15) is 0 Å². The summed E-state index contributed by atoms with van der Waals surface area (Å²) in [6.07, 6.45) is 0.849. The quantitative estimate of drug-likeness (QED) is 0.654. The first-order valence-electron chi connectivity index (χ1n) is 8.20. The van der Waals surface area contributed by atoms with E-state index in [9.17, 15) is 0 Å². The summed E-state index contributed by atoms with van der Waals surface area (Å²) in [7, 11) is 0. The zero-order valence-electron chi connectivity index (χ0n) is 14.2. The lowest BCUT2D eigenvalue weighted by atomic mass is 9.98. The normalized spacial score (nSPS) is 13.1. The van der Waals surface area contributed by atoms with Crippen LogP contribution in [0.3, 0.4) is 0 Å². The van der Waals surface area contributed by atoms with Gasteiger partial charge in [-0.3, -0.25) is 0 Å². The predicted octanol–water partition coefficient (Wildman–Crippen LogP) is 4.25. The molecule has 1 N–H and O–H groups in total. The van der Waals surface area contributed by atoms with Gasteiger partial charge in [-0.25, -0.2) is 0 Å². The second kappa shape index (κ2) is 9.93. The largest absolute Gasteiger partial charge is 0.351 e. The molecule has 0 amide bonds. The van der Waals surface area contributed by atoms with Crippen LogP contribution in [0.2, 0.25) is 0 Å². The molecule has 0 aliphatic carbocycles. The van der Waals surface area contributed by atoms with Gasteiger partial charge in [0.2, 0.25) is 0 Å². The summed E-state index contributed by atoms with van der Waals surface area (Å²) < 4.78 is 11.6. The molecule has 0 saturated carbocycles. The van der Waals surface area contributed by atoms with Crippen LogP contribution in [-0.4, -0.2) is 26.0 Å². The van der Waals surface area contributed by atoms with E-state index in [4.69, 9.17) is 9.47 Å². The minimum atomic E-state index is -0.239. The van der Waals surface area contributed by atoms with Gasteiger partial charge in [-0.2, -0.15) is 0 Å². The molecule has 120 valence electrons. The number of hydrogen-bond donors (Lipinski definition) is 1. The maximum atomic E-state index is 5.79. The van der Waals surface area contributed by atoms with Crippen molar-refractivity contribution in [2.24, 2.45) is 0 Å². The lowest BCUT2D eigenvalue weighted by Gasteiger charge is -2.28. The average Bonchev–Trinajstić information content (AvgIpc) is 2.48. The Hall–Kier alpha value is -0.900. The third kappa shape index (κ3) is 5.77. The van der Waals surface area contributed by atoms with Gasteiger partial charge < -0.3 is 14.8 Å². The molecule has 0 saturated heterocycles. The summed E-state index contributed by atoms with van der Waals surface area (Å²) in [6, 6.07) is 8.86. The third-order valence-corrected chi connectivity index (χ3v) is 3.51.